The predicted molar refractivity (Wildman–Crippen MR) is 118 cm³/mol. The fourth-order valence-electron chi connectivity index (χ4n) is 4.71. The monoisotopic (exact) mass is 473 g/mol. The summed E-state index contributed by atoms with van der Waals surface area (Å²) in [6.07, 6.45) is -4.10. The highest BCUT2D eigenvalue weighted by molar-refractivity contribution is 5.93. The highest BCUT2D eigenvalue weighted by atomic mass is 19.4. The van der Waals surface area contributed by atoms with Crippen molar-refractivity contribution >= 4 is 5.91 Å². The summed E-state index contributed by atoms with van der Waals surface area (Å²) in [5, 5.41) is 4.09. The molecule has 0 saturated carbocycles. The van der Waals surface area contributed by atoms with E-state index in [1.54, 1.807) is 12.1 Å². The second-order valence-electron chi connectivity index (χ2n) is 8.93. The van der Waals surface area contributed by atoms with Crippen LogP contribution in [0.5, 0.6) is 0 Å². The van der Waals surface area contributed by atoms with Crippen molar-refractivity contribution in [2.24, 2.45) is 0 Å². The van der Waals surface area contributed by atoms with Crippen molar-refractivity contribution in [3.63, 3.8) is 0 Å². The molecule has 34 heavy (non-hydrogen) atoms. The number of nitrogens with zero attached hydrogens (tertiary/aromatic N) is 3. The van der Waals surface area contributed by atoms with E-state index in [9.17, 15) is 27.2 Å². The van der Waals surface area contributed by atoms with Crippen LogP contribution in [0.3, 0.4) is 0 Å². The number of para-hydroxylation sites is 1. The van der Waals surface area contributed by atoms with Gasteiger partial charge in [0.15, 0.2) is 5.69 Å². The Kier molecular flexibility index (Phi) is 5.83. The van der Waals surface area contributed by atoms with Gasteiger partial charge in [0.2, 0.25) is 5.43 Å². The number of aromatic nitrogens is 2. The first-order chi connectivity index (χ1) is 15.9. The Hall–Kier alpha value is -3.49. The lowest BCUT2D eigenvalue weighted by Crippen LogP contribution is -2.47. The Morgan fingerprint density at radius 2 is 1.79 bits per heavy atom. The van der Waals surface area contributed by atoms with E-state index in [0.717, 1.165) is 22.4 Å². The third-order valence-corrected chi connectivity index (χ3v) is 6.43. The zero-order valence-corrected chi connectivity index (χ0v) is 18.9. The van der Waals surface area contributed by atoms with E-state index < -0.39 is 34.3 Å². The van der Waals surface area contributed by atoms with E-state index in [1.807, 2.05) is 13.8 Å². The summed E-state index contributed by atoms with van der Waals surface area (Å²) in [5.74, 6) is -1.25. The maximum Gasteiger partial charge on any atom is 0.418 e. The van der Waals surface area contributed by atoms with Crippen molar-refractivity contribution in [2.75, 3.05) is 6.54 Å². The molecule has 9 heteroatoms. The molecular weight excluding hydrogens is 450 g/mol. The van der Waals surface area contributed by atoms with Gasteiger partial charge in [0.25, 0.3) is 5.91 Å². The van der Waals surface area contributed by atoms with Crippen LogP contribution in [0.2, 0.25) is 0 Å². The smallest absolute Gasteiger partial charge is 0.331 e. The molecule has 2 aromatic carbocycles. The second-order valence-corrected chi connectivity index (χ2v) is 8.93. The molecule has 2 heterocycles. The third kappa shape index (κ3) is 4.10. The van der Waals surface area contributed by atoms with Crippen molar-refractivity contribution in [3.05, 3.63) is 93.2 Å². The normalized spacial score (nSPS) is 17.7. The lowest BCUT2D eigenvalue weighted by Gasteiger charge is -2.36. The van der Waals surface area contributed by atoms with Crippen molar-refractivity contribution in [3.8, 4) is 5.69 Å². The summed E-state index contributed by atoms with van der Waals surface area (Å²) >= 11 is 0. The maximum atomic E-state index is 13.8. The van der Waals surface area contributed by atoms with E-state index in [0.29, 0.717) is 13.0 Å². The minimum Gasteiger partial charge on any atom is -0.331 e. The summed E-state index contributed by atoms with van der Waals surface area (Å²) in [6.45, 7) is 5.38. The largest absolute Gasteiger partial charge is 0.418 e. The van der Waals surface area contributed by atoms with Gasteiger partial charge in [-0.15, -0.1) is 0 Å². The SMILES string of the molecule is Cc1cc(=O)c(C(=O)N2CCC(c3cccc(F)c3)C2(C)C)nn1-c1ccccc1C(F)(F)F. The van der Waals surface area contributed by atoms with Gasteiger partial charge in [-0.05, 0) is 57.0 Å². The highest BCUT2D eigenvalue weighted by Crippen LogP contribution is 2.42. The zero-order chi connectivity index (χ0) is 24.8. The van der Waals surface area contributed by atoms with Gasteiger partial charge in [-0.3, -0.25) is 9.59 Å². The quantitative estimate of drug-likeness (QED) is 0.497. The Labute approximate surface area is 193 Å². The summed E-state index contributed by atoms with van der Waals surface area (Å²) in [4.78, 5) is 27.7. The van der Waals surface area contributed by atoms with Gasteiger partial charge in [-0.25, -0.2) is 9.07 Å². The molecule has 1 unspecified atom stereocenters. The van der Waals surface area contributed by atoms with Crippen LogP contribution in [-0.4, -0.2) is 32.7 Å². The Morgan fingerprint density at radius 1 is 1.09 bits per heavy atom. The van der Waals surface area contributed by atoms with Crippen LogP contribution in [0.4, 0.5) is 17.6 Å². The van der Waals surface area contributed by atoms with Crippen molar-refractivity contribution < 1.29 is 22.4 Å². The van der Waals surface area contributed by atoms with Crippen LogP contribution in [0.1, 0.15) is 53.5 Å². The van der Waals surface area contributed by atoms with Gasteiger partial charge >= 0.3 is 6.18 Å². The molecule has 0 spiro atoms. The van der Waals surface area contributed by atoms with Crippen LogP contribution >= 0.6 is 0 Å². The molecule has 1 fully saturated rings. The van der Waals surface area contributed by atoms with E-state index in [1.165, 1.54) is 42.2 Å². The molecule has 0 bridgehead atoms. The lowest BCUT2D eigenvalue weighted by atomic mass is 9.82. The van der Waals surface area contributed by atoms with Crippen molar-refractivity contribution in [2.45, 2.75) is 44.8 Å². The van der Waals surface area contributed by atoms with Gasteiger partial charge in [0, 0.05) is 29.8 Å². The fraction of sp³-hybridized carbons (Fsp3) is 0.320. The van der Waals surface area contributed by atoms with Gasteiger partial charge in [-0.1, -0.05) is 24.3 Å². The number of carbonyl (C=O) groups is 1. The Balaban J connectivity index is 1.75. The van der Waals surface area contributed by atoms with Crippen LogP contribution in [0.25, 0.3) is 5.69 Å². The van der Waals surface area contributed by atoms with Gasteiger partial charge < -0.3 is 4.90 Å². The molecule has 1 saturated heterocycles. The summed E-state index contributed by atoms with van der Waals surface area (Å²) < 4.78 is 55.5. The van der Waals surface area contributed by atoms with E-state index in [2.05, 4.69) is 5.10 Å². The average Bonchev–Trinajstić information content (AvgIpc) is 3.07. The number of aryl methyl sites for hydroxylation is 1. The number of benzene rings is 2. The molecule has 0 radical (unpaired) electrons. The molecule has 178 valence electrons. The van der Waals surface area contributed by atoms with Gasteiger partial charge in [0.1, 0.15) is 5.82 Å². The van der Waals surface area contributed by atoms with Gasteiger partial charge in [-0.2, -0.15) is 18.3 Å². The summed E-state index contributed by atoms with van der Waals surface area (Å²) in [6, 6.07) is 12.1. The molecule has 1 amide bonds. The summed E-state index contributed by atoms with van der Waals surface area (Å²) in [5.41, 5.74) is -2.23. The number of halogens is 4. The first-order valence-electron chi connectivity index (χ1n) is 10.8. The number of hydrogen-bond donors (Lipinski definition) is 0. The first kappa shape index (κ1) is 23.7. The number of carbonyl (C=O) groups excluding carboxylic acids is 1. The number of likely N-dealkylation sites (tertiary alicyclic amines) is 1. The zero-order valence-electron chi connectivity index (χ0n) is 18.9. The van der Waals surface area contributed by atoms with Crippen molar-refractivity contribution in [1.82, 2.24) is 14.7 Å². The average molecular weight is 473 g/mol. The Bertz CT molecular complexity index is 1310. The maximum absolute atomic E-state index is 13.8. The predicted octanol–water partition coefficient (Wildman–Crippen LogP) is 5.11. The number of amides is 1. The molecule has 0 aliphatic carbocycles. The van der Waals surface area contributed by atoms with E-state index in [4.69, 9.17) is 0 Å². The van der Waals surface area contributed by atoms with E-state index in [-0.39, 0.29) is 23.1 Å². The molecule has 0 N–H and O–H groups in total. The fourth-order valence-corrected chi connectivity index (χ4v) is 4.71. The van der Waals surface area contributed by atoms with Crippen LogP contribution in [0, 0.1) is 12.7 Å². The molecule has 1 aliphatic heterocycles. The van der Waals surface area contributed by atoms with Crippen LogP contribution < -0.4 is 5.43 Å². The standard InChI is InChI=1S/C25H23F4N3O2/c1-15-13-21(33)22(30-32(15)20-10-5-4-9-19(20)25(27,28)29)23(34)31-12-11-18(24(31,2)3)16-7-6-8-17(26)14-16/h4-10,13-14,18H,11-12H2,1-3H3. The lowest BCUT2D eigenvalue weighted by molar-refractivity contribution is -0.137. The molecule has 1 aromatic heterocycles. The van der Waals surface area contributed by atoms with E-state index >= 15 is 0 Å². The number of alkyl halides is 3. The van der Waals surface area contributed by atoms with Crippen LogP contribution in [-0.2, 0) is 6.18 Å². The highest BCUT2D eigenvalue weighted by Gasteiger charge is 2.45. The number of rotatable bonds is 3. The molecule has 3 aromatic rings. The van der Waals surface area contributed by atoms with Crippen molar-refractivity contribution in [1.29, 1.82) is 0 Å². The molecule has 5 nitrogen and oxygen atoms in total. The molecule has 1 aliphatic rings. The minimum atomic E-state index is -4.65. The minimum absolute atomic E-state index is 0.163. The molecule has 1 atom stereocenters. The number of hydrogen-bond acceptors (Lipinski definition) is 3. The summed E-state index contributed by atoms with van der Waals surface area (Å²) in [7, 11) is 0. The van der Waals surface area contributed by atoms with Gasteiger partial charge in [0.05, 0.1) is 11.3 Å². The second kappa shape index (κ2) is 8.38. The third-order valence-electron chi connectivity index (χ3n) is 6.43. The Morgan fingerprint density at radius 3 is 2.47 bits per heavy atom. The first-order valence-corrected chi connectivity index (χ1v) is 10.8. The molecular formula is C25H23F4N3O2. The molecule has 4 rings (SSSR count). The topological polar surface area (TPSA) is 55.2 Å². The van der Waals surface area contributed by atoms with Crippen LogP contribution in [0.15, 0.2) is 59.4 Å².